The van der Waals surface area contributed by atoms with E-state index in [0.29, 0.717) is 5.56 Å². The van der Waals surface area contributed by atoms with Gasteiger partial charge in [-0.3, -0.25) is 0 Å². The van der Waals surface area contributed by atoms with Crippen LogP contribution in [0, 0.1) is 12.7 Å². The molecule has 0 aromatic heterocycles. The quantitative estimate of drug-likeness (QED) is 0.650. The van der Waals surface area contributed by atoms with E-state index >= 15 is 0 Å². The molecule has 0 saturated carbocycles. The molecule has 0 N–H and O–H groups in total. The summed E-state index contributed by atoms with van der Waals surface area (Å²) in [6.07, 6.45) is 0. The number of fused-ring (bicyclic) bond motifs is 1. The van der Waals surface area contributed by atoms with Crippen molar-refractivity contribution in [2.75, 3.05) is 0 Å². The van der Waals surface area contributed by atoms with Crippen molar-refractivity contribution in [1.82, 2.24) is 0 Å². The molecule has 0 saturated heterocycles. The van der Waals surface area contributed by atoms with E-state index in [-0.39, 0.29) is 5.82 Å². The number of hydrogen-bond acceptors (Lipinski definition) is 0. The summed E-state index contributed by atoms with van der Waals surface area (Å²) < 4.78 is 14.2. The Balaban J connectivity index is 2.81. The number of benzene rings is 2. The lowest BCUT2D eigenvalue weighted by Crippen LogP contribution is -1.82. The summed E-state index contributed by atoms with van der Waals surface area (Å²) in [5.74, 6) is -0.144. The highest BCUT2D eigenvalue weighted by molar-refractivity contribution is 9.10. The highest BCUT2D eigenvalue weighted by Gasteiger charge is 2.00. The second-order valence-corrected chi connectivity index (χ2v) is 4.01. The zero-order valence-corrected chi connectivity index (χ0v) is 8.73. The molecule has 0 unspecified atom stereocenters. The highest BCUT2D eigenvalue weighted by atomic mass is 79.9. The number of halogens is 2. The molecule has 2 aromatic rings. The van der Waals surface area contributed by atoms with Crippen molar-refractivity contribution in [2.24, 2.45) is 0 Å². The van der Waals surface area contributed by atoms with Crippen LogP contribution in [0.4, 0.5) is 4.39 Å². The monoisotopic (exact) mass is 238 g/mol. The van der Waals surface area contributed by atoms with Gasteiger partial charge in [0, 0.05) is 4.47 Å². The van der Waals surface area contributed by atoms with Gasteiger partial charge in [-0.05, 0) is 47.5 Å². The van der Waals surface area contributed by atoms with Crippen molar-refractivity contribution in [2.45, 2.75) is 6.92 Å². The molecule has 0 aliphatic heterocycles. The summed E-state index contributed by atoms with van der Waals surface area (Å²) >= 11 is 3.38. The van der Waals surface area contributed by atoms with Crippen molar-refractivity contribution in [1.29, 1.82) is 0 Å². The van der Waals surface area contributed by atoms with Gasteiger partial charge in [-0.25, -0.2) is 4.39 Å². The lowest BCUT2D eigenvalue weighted by Gasteiger charge is -2.01. The van der Waals surface area contributed by atoms with Gasteiger partial charge in [-0.1, -0.05) is 22.0 Å². The Morgan fingerprint density at radius 2 is 1.85 bits per heavy atom. The van der Waals surface area contributed by atoms with Crippen LogP contribution in [0.5, 0.6) is 0 Å². The molecule has 2 rings (SSSR count). The van der Waals surface area contributed by atoms with Crippen LogP contribution in [-0.2, 0) is 0 Å². The molecular weight excluding hydrogens is 231 g/mol. The molecule has 2 heteroatoms. The Hall–Kier alpha value is -0.890. The minimum absolute atomic E-state index is 0.144. The topological polar surface area (TPSA) is 0 Å². The number of aryl methyl sites for hydroxylation is 1. The zero-order chi connectivity index (χ0) is 9.42. The van der Waals surface area contributed by atoms with E-state index in [9.17, 15) is 4.39 Å². The maximum atomic E-state index is 13.1. The third kappa shape index (κ3) is 1.59. The molecule has 0 aliphatic carbocycles. The van der Waals surface area contributed by atoms with Gasteiger partial charge in [0.15, 0.2) is 0 Å². The maximum absolute atomic E-state index is 13.1. The zero-order valence-electron chi connectivity index (χ0n) is 7.14. The van der Waals surface area contributed by atoms with Gasteiger partial charge in [0.05, 0.1) is 0 Å². The van der Waals surface area contributed by atoms with Crippen LogP contribution < -0.4 is 0 Å². The van der Waals surface area contributed by atoms with E-state index in [0.717, 1.165) is 15.2 Å². The van der Waals surface area contributed by atoms with Crippen molar-refractivity contribution in [3.05, 3.63) is 46.2 Å². The molecule has 0 bridgehead atoms. The average Bonchev–Trinajstić information content (AvgIpc) is 2.08. The second kappa shape index (κ2) is 3.11. The fraction of sp³-hybridized carbons (Fsp3) is 0.0909. The first-order valence-corrected chi connectivity index (χ1v) is 4.81. The van der Waals surface area contributed by atoms with Crippen molar-refractivity contribution >= 4 is 26.7 Å². The second-order valence-electron chi connectivity index (χ2n) is 3.09. The Kier molecular flexibility index (Phi) is 2.08. The Labute approximate surface area is 84.5 Å². The van der Waals surface area contributed by atoms with Crippen LogP contribution in [0.15, 0.2) is 34.8 Å². The first kappa shape index (κ1) is 8.70. The fourth-order valence-corrected chi connectivity index (χ4v) is 1.73. The van der Waals surface area contributed by atoms with Crippen molar-refractivity contribution in [3.63, 3.8) is 0 Å². The summed E-state index contributed by atoms with van der Waals surface area (Å²) in [6, 6.07) is 9.23. The van der Waals surface area contributed by atoms with E-state index in [2.05, 4.69) is 15.9 Å². The lowest BCUT2D eigenvalue weighted by molar-refractivity contribution is 0.620. The van der Waals surface area contributed by atoms with Gasteiger partial charge >= 0.3 is 0 Å². The number of rotatable bonds is 0. The van der Waals surface area contributed by atoms with Gasteiger partial charge < -0.3 is 0 Å². The van der Waals surface area contributed by atoms with Gasteiger partial charge in [0.1, 0.15) is 5.82 Å². The van der Waals surface area contributed by atoms with Crippen LogP contribution in [0.3, 0.4) is 0 Å². The average molecular weight is 239 g/mol. The molecule has 0 spiro atoms. The fourth-order valence-electron chi connectivity index (χ4n) is 1.35. The van der Waals surface area contributed by atoms with Gasteiger partial charge in [0.25, 0.3) is 0 Å². The summed E-state index contributed by atoms with van der Waals surface area (Å²) in [6.45, 7) is 1.77. The van der Waals surface area contributed by atoms with Crippen LogP contribution in [0.25, 0.3) is 10.8 Å². The third-order valence-corrected chi connectivity index (χ3v) is 2.57. The Morgan fingerprint density at radius 1 is 1.08 bits per heavy atom. The van der Waals surface area contributed by atoms with Crippen LogP contribution in [0.1, 0.15) is 5.56 Å². The molecule has 0 fully saturated rings. The minimum atomic E-state index is -0.144. The van der Waals surface area contributed by atoms with Gasteiger partial charge in [-0.15, -0.1) is 0 Å². The van der Waals surface area contributed by atoms with Crippen molar-refractivity contribution < 1.29 is 4.39 Å². The predicted molar refractivity (Wildman–Crippen MR) is 56.3 cm³/mol. The highest BCUT2D eigenvalue weighted by Crippen LogP contribution is 2.22. The third-order valence-electron chi connectivity index (χ3n) is 2.08. The maximum Gasteiger partial charge on any atom is 0.126 e. The van der Waals surface area contributed by atoms with Gasteiger partial charge in [-0.2, -0.15) is 0 Å². The first-order chi connectivity index (χ1) is 6.16. The summed E-state index contributed by atoms with van der Waals surface area (Å²) in [5.41, 5.74) is 0.686. The molecule has 0 atom stereocenters. The first-order valence-electron chi connectivity index (χ1n) is 4.02. The molecule has 0 aliphatic rings. The summed E-state index contributed by atoms with van der Waals surface area (Å²) in [7, 11) is 0. The molecule has 0 amide bonds. The Morgan fingerprint density at radius 3 is 2.62 bits per heavy atom. The molecule has 13 heavy (non-hydrogen) atoms. The van der Waals surface area contributed by atoms with Crippen LogP contribution in [-0.4, -0.2) is 0 Å². The largest absolute Gasteiger partial charge is 0.207 e. The van der Waals surface area contributed by atoms with Crippen LogP contribution in [0.2, 0.25) is 0 Å². The normalized spacial score (nSPS) is 10.7. The Bertz CT molecular complexity index is 463. The predicted octanol–water partition coefficient (Wildman–Crippen LogP) is 4.05. The minimum Gasteiger partial charge on any atom is -0.207 e. The van der Waals surface area contributed by atoms with Gasteiger partial charge in [0.2, 0.25) is 0 Å². The molecule has 0 radical (unpaired) electrons. The molecule has 66 valence electrons. The summed E-state index contributed by atoms with van der Waals surface area (Å²) in [4.78, 5) is 0. The summed E-state index contributed by atoms with van der Waals surface area (Å²) in [5, 5.41) is 2.00. The van der Waals surface area contributed by atoms with E-state index in [1.165, 1.54) is 0 Å². The molecule has 2 aromatic carbocycles. The molecule has 0 heterocycles. The van der Waals surface area contributed by atoms with E-state index in [1.54, 1.807) is 13.0 Å². The van der Waals surface area contributed by atoms with Crippen LogP contribution >= 0.6 is 15.9 Å². The standard InChI is InChI=1S/C11H8BrF/c1-7-4-9-5-10(12)3-2-8(9)6-11(7)13/h2-6H,1H3. The van der Waals surface area contributed by atoms with E-state index in [4.69, 9.17) is 0 Å². The van der Waals surface area contributed by atoms with E-state index in [1.807, 2.05) is 24.3 Å². The SMILES string of the molecule is Cc1cc2cc(Br)ccc2cc1F. The number of hydrogen-bond donors (Lipinski definition) is 0. The van der Waals surface area contributed by atoms with E-state index < -0.39 is 0 Å². The van der Waals surface area contributed by atoms with Crippen molar-refractivity contribution in [3.8, 4) is 0 Å². The lowest BCUT2D eigenvalue weighted by atomic mass is 10.1. The smallest absolute Gasteiger partial charge is 0.126 e. The molecule has 0 nitrogen and oxygen atoms in total. The molecular formula is C11H8BrF.